The van der Waals surface area contributed by atoms with Gasteiger partial charge >= 0.3 is 0 Å². The molecule has 0 spiro atoms. The Hall–Kier alpha value is -2.04. The molecule has 1 aliphatic heterocycles. The molecule has 1 aromatic carbocycles. The number of fused-ring (bicyclic) bond motifs is 1. The van der Waals surface area contributed by atoms with Gasteiger partial charge in [0.1, 0.15) is 5.75 Å². The van der Waals surface area contributed by atoms with E-state index >= 15 is 0 Å². The van der Waals surface area contributed by atoms with E-state index in [1.165, 1.54) is 0 Å². The number of carbonyl (C=O) groups is 2. The molecule has 0 radical (unpaired) electrons. The Bertz CT molecular complexity index is 523. The normalized spacial score (nSPS) is 17.5. The van der Waals surface area contributed by atoms with E-state index in [1.54, 1.807) is 23.1 Å². The number of carbonyl (C=O) groups excluding carboxylic acids is 2. The number of anilines is 1. The highest BCUT2D eigenvalue weighted by Gasteiger charge is 2.30. The van der Waals surface area contributed by atoms with Gasteiger partial charge in [0.2, 0.25) is 0 Å². The molecule has 2 aliphatic rings. The first-order valence-corrected chi connectivity index (χ1v) is 5.99. The van der Waals surface area contributed by atoms with Crippen molar-refractivity contribution in [2.45, 2.75) is 18.9 Å². The molecule has 3 rings (SSSR count). The first-order chi connectivity index (χ1) is 8.65. The molecule has 0 bridgehead atoms. The van der Waals surface area contributed by atoms with Gasteiger partial charge in [-0.05, 0) is 31.0 Å². The maximum atomic E-state index is 12.2. The third-order valence-corrected chi connectivity index (χ3v) is 3.28. The largest absolute Gasteiger partial charge is 0.482 e. The third-order valence-electron chi connectivity index (χ3n) is 3.28. The zero-order valence-electron chi connectivity index (χ0n) is 10.1. The van der Waals surface area contributed by atoms with Crippen LogP contribution in [0, 0.1) is 0 Å². The van der Waals surface area contributed by atoms with Gasteiger partial charge in [-0.25, -0.2) is 0 Å². The van der Waals surface area contributed by atoms with E-state index in [4.69, 9.17) is 4.74 Å². The highest BCUT2D eigenvalue weighted by molar-refractivity contribution is 5.99. The Balaban J connectivity index is 1.85. The molecule has 2 amide bonds. The van der Waals surface area contributed by atoms with Crippen LogP contribution in [0.1, 0.15) is 23.2 Å². The predicted octanol–water partition coefficient (Wildman–Crippen LogP) is 1.25. The first-order valence-electron chi connectivity index (χ1n) is 5.99. The van der Waals surface area contributed by atoms with E-state index in [0.29, 0.717) is 23.0 Å². The molecular formula is C13H14N2O3. The second kappa shape index (κ2) is 4.01. The molecule has 0 aromatic heterocycles. The van der Waals surface area contributed by atoms with Gasteiger partial charge in [-0.3, -0.25) is 9.59 Å². The lowest BCUT2D eigenvalue weighted by atomic mass is 10.1. The summed E-state index contributed by atoms with van der Waals surface area (Å²) >= 11 is 0. The zero-order chi connectivity index (χ0) is 12.7. The minimum atomic E-state index is -0.170. The summed E-state index contributed by atoms with van der Waals surface area (Å²) in [6, 6.07) is 5.50. The van der Waals surface area contributed by atoms with Gasteiger partial charge in [-0.1, -0.05) is 0 Å². The predicted molar refractivity (Wildman–Crippen MR) is 65.7 cm³/mol. The molecule has 1 fully saturated rings. The van der Waals surface area contributed by atoms with Crippen molar-refractivity contribution in [1.82, 2.24) is 4.90 Å². The summed E-state index contributed by atoms with van der Waals surface area (Å²) in [5.74, 6) is 0.391. The van der Waals surface area contributed by atoms with Crippen molar-refractivity contribution < 1.29 is 14.3 Å². The summed E-state index contributed by atoms with van der Waals surface area (Å²) in [4.78, 5) is 25.1. The highest BCUT2D eigenvalue weighted by Crippen LogP contribution is 2.31. The Kier molecular flexibility index (Phi) is 2.47. The standard InChI is InChI=1S/C13H14N2O3/c1-15(9-3-4-9)13(17)8-2-5-10-11(6-8)18-7-12(16)14-10/h2,5-6,9H,3-4,7H2,1H3,(H,14,16). The van der Waals surface area contributed by atoms with Gasteiger partial charge in [-0.15, -0.1) is 0 Å². The van der Waals surface area contributed by atoms with Gasteiger partial charge < -0.3 is 15.0 Å². The Morgan fingerprint density at radius 3 is 2.94 bits per heavy atom. The van der Waals surface area contributed by atoms with Crippen molar-refractivity contribution in [2.75, 3.05) is 19.0 Å². The lowest BCUT2D eigenvalue weighted by Gasteiger charge is -2.20. The van der Waals surface area contributed by atoms with Crippen LogP contribution in [-0.4, -0.2) is 36.4 Å². The Morgan fingerprint density at radius 2 is 2.22 bits per heavy atom. The summed E-state index contributed by atoms with van der Waals surface area (Å²) in [5, 5.41) is 2.70. The number of hydrogen-bond acceptors (Lipinski definition) is 3. The van der Waals surface area contributed by atoms with Gasteiger partial charge in [-0.2, -0.15) is 0 Å². The highest BCUT2D eigenvalue weighted by atomic mass is 16.5. The van der Waals surface area contributed by atoms with Crippen molar-refractivity contribution in [1.29, 1.82) is 0 Å². The molecule has 0 unspecified atom stereocenters. The topological polar surface area (TPSA) is 58.6 Å². The second-order valence-corrected chi connectivity index (χ2v) is 4.70. The number of amides is 2. The van der Waals surface area contributed by atoms with Crippen LogP contribution in [0.5, 0.6) is 5.75 Å². The molecule has 1 saturated carbocycles. The van der Waals surface area contributed by atoms with Crippen molar-refractivity contribution in [3.8, 4) is 5.75 Å². The zero-order valence-corrected chi connectivity index (χ0v) is 10.1. The molecule has 5 nitrogen and oxygen atoms in total. The van der Waals surface area contributed by atoms with Crippen molar-refractivity contribution in [2.24, 2.45) is 0 Å². The lowest BCUT2D eigenvalue weighted by Crippen LogP contribution is -2.29. The molecule has 1 aliphatic carbocycles. The molecule has 5 heteroatoms. The number of nitrogens with one attached hydrogen (secondary N) is 1. The van der Waals surface area contributed by atoms with Gasteiger partial charge in [0.15, 0.2) is 6.61 Å². The SMILES string of the molecule is CN(C(=O)c1ccc2c(c1)OCC(=O)N2)C1CC1. The number of rotatable bonds is 2. The molecule has 0 atom stereocenters. The van der Waals surface area contributed by atoms with E-state index < -0.39 is 0 Å². The number of benzene rings is 1. The molecule has 0 saturated heterocycles. The van der Waals surface area contributed by atoms with Crippen molar-refractivity contribution in [3.63, 3.8) is 0 Å². The van der Waals surface area contributed by atoms with E-state index in [1.807, 2.05) is 7.05 Å². The van der Waals surface area contributed by atoms with Gasteiger partial charge in [0, 0.05) is 18.7 Å². The number of nitrogens with zero attached hydrogens (tertiary/aromatic N) is 1. The van der Waals surface area contributed by atoms with Crippen LogP contribution in [0.2, 0.25) is 0 Å². The molecular weight excluding hydrogens is 232 g/mol. The average Bonchev–Trinajstić information content (AvgIpc) is 3.20. The fourth-order valence-corrected chi connectivity index (χ4v) is 2.04. The Labute approximate surface area is 105 Å². The fourth-order valence-electron chi connectivity index (χ4n) is 2.04. The summed E-state index contributed by atoms with van der Waals surface area (Å²) in [6.07, 6.45) is 2.17. The van der Waals surface area contributed by atoms with Crippen LogP contribution in [-0.2, 0) is 4.79 Å². The minimum absolute atomic E-state index is 0.000741. The third kappa shape index (κ3) is 1.92. The van der Waals surface area contributed by atoms with Crippen LogP contribution in [0.15, 0.2) is 18.2 Å². The van der Waals surface area contributed by atoms with Gasteiger partial charge in [0.25, 0.3) is 11.8 Å². The number of hydrogen-bond donors (Lipinski definition) is 1. The smallest absolute Gasteiger partial charge is 0.262 e. The summed E-state index contributed by atoms with van der Waals surface area (Å²) in [6.45, 7) is 0.00308. The summed E-state index contributed by atoms with van der Waals surface area (Å²) in [5.41, 5.74) is 1.22. The van der Waals surface area contributed by atoms with E-state index in [9.17, 15) is 9.59 Å². The molecule has 94 valence electrons. The molecule has 1 aromatic rings. The first kappa shape index (κ1) is 11.1. The van der Waals surface area contributed by atoms with E-state index in [-0.39, 0.29) is 18.4 Å². The van der Waals surface area contributed by atoms with Crippen LogP contribution in [0.25, 0.3) is 0 Å². The second-order valence-electron chi connectivity index (χ2n) is 4.70. The molecule has 1 heterocycles. The fraction of sp³-hybridized carbons (Fsp3) is 0.385. The summed E-state index contributed by atoms with van der Waals surface area (Å²) in [7, 11) is 1.82. The van der Waals surface area contributed by atoms with E-state index in [0.717, 1.165) is 12.8 Å². The van der Waals surface area contributed by atoms with Crippen LogP contribution < -0.4 is 10.1 Å². The average molecular weight is 246 g/mol. The van der Waals surface area contributed by atoms with Crippen molar-refractivity contribution >= 4 is 17.5 Å². The van der Waals surface area contributed by atoms with Crippen LogP contribution in [0.3, 0.4) is 0 Å². The van der Waals surface area contributed by atoms with E-state index in [2.05, 4.69) is 5.32 Å². The van der Waals surface area contributed by atoms with Crippen LogP contribution >= 0.6 is 0 Å². The minimum Gasteiger partial charge on any atom is -0.482 e. The Morgan fingerprint density at radius 1 is 1.44 bits per heavy atom. The number of ether oxygens (including phenoxy) is 1. The molecule has 18 heavy (non-hydrogen) atoms. The summed E-state index contributed by atoms with van der Waals surface area (Å²) < 4.78 is 5.30. The quantitative estimate of drug-likeness (QED) is 0.854. The monoisotopic (exact) mass is 246 g/mol. The lowest BCUT2D eigenvalue weighted by molar-refractivity contribution is -0.118. The maximum absolute atomic E-state index is 12.2. The van der Waals surface area contributed by atoms with Gasteiger partial charge in [0.05, 0.1) is 5.69 Å². The molecule has 1 N–H and O–H groups in total. The van der Waals surface area contributed by atoms with Crippen molar-refractivity contribution in [3.05, 3.63) is 23.8 Å². The van der Waals surface area contributed by atoms with Crippen LogP contribution in [0.4, 0.5) is 5.69 Å². The maximum Gasteiger partial charge on any atom is 0.262 e.